The third kappa shape index (κ3) is 9.74. The minimum atomic E-state index is -1.09. The summed E-state index contributed by atoms with van der Waals surface area (Å²) in [5.74, 6) is 0.198. The van der Waals surface area contributed by atoms with Gasteiger partial charge in [-0.3, -0.25) is 9.79 Å². The Kier molecular flexibility index (Phi) is 11.5. The minimum Gasteiger partial charge on any atom is -0.494 e. The highest BCUT2D eigenvalue weighted by atomic mass is 16.5. The predicted octanol–water partition coefficient (Wildman–Crippen LogP) is 2.24. The van der Waals surface area contributed by atoms with Crippen LogP contribution in [0.25, 0.3) is 0 Å². The van der Waals surface area contributed by atoms with Crippen LogP contribution in [0.15, 0.2) is 65.7 Å². The van der Waals surface area contributed by atoms with Gasteiger partial charge in [-0.15, -0.1) is 0 Å². The van der Waals surface area contributed by atoms with Crippen molar-refractivity contribution in [2.24, 2.45) is 4.99 Å². The van der Waals surface area contributed by atoms with E-state index in [9.17, 15) is 14.7 Å². The van der Waals surface area contributed by atoms with E-state index in [-0.39, 0.29) is 6.42 Å². The fraction of sp³-hybridized carbons (Fsp3) is 0.400. The largest absolute Gasteiger partial charge is 0.494 e. The maximum Gasteiger partial charge on any atom is 0.326 e. The standard InChI is InChI=1S/C25H34N4O4/c1-3-7-20(8-4-2)24(30)29-22(25(31)32)17-19-9-11-21(12-10-19)33-16-6-5-13-27-23-18-26-14-15-28-23/h3-4,7-12,22,26H,1,5-6,13-18H2,2H3,(H,27,28)(H,29,30)(H,31,32)/b8-4-,20-7+. The van der Waals surface area contributed by atoms with Crippen LogP contribution < -0.4 is 20.7 Å². The minimum absolute atomic E-state index is 0.170. The molecule has 0 spiro atoms. The van der Waals surface area contributed by atoms with Crippen LogP contribution in [-0.2, 0) is 16.0 Å². The number of aliphatic carboxylic acids is 1. The molecule has 0 saturated carbocycles. The summed E-state index contributed by atoms with van der Waals surface area (Å²) >= 11 is 0. The summed E-state index contributed by atoms with van der Waals surface area (Å²) in [7, 11) is 0. The number of hydrogen-bond donors (Lipinski definition) is 4. The predicted molar refractivity (Wildman–Crippen MR) is 131 cm³/mol. The highest BCUT2D eigenvalue weighted by molar-refractivity contribution is 5.98. The van der Waals surface area contributed by atoms with Crippen molar-refractivity contribution >= 4 is 17.7 Å². The molecule has 33 heavy (non-hydrogen) atoms. The summed E-state index contributed by atoms with van der Waals surface area (Å²) in [6.45, 7) is 9.39. The van der Waals surface area contributed by atoms with E-state index in [0.717, 1.165) is 56.2 Å². The Hall–Kier alpha value is -3.39. The summed E-state index contributed by atoms with van der Waals surface area (Å²) in [6.07, 6.45) is 8.41. The molecule has 0 radical (unpaired) electrons. The summed E-state index contributed by atoms with van der Waals surface area (Å²) in [5.41, 5.74) is 1.14. The Bertz CT molecular complexity index is 875. The number of amidine groups is 1. The first-order chi connectivity index (χ1) is 16.0. The Balaban J connectivity index is 1.77. The fourth-order valence-corrected chi connectivity index (χ4v) is 3.21. The van der Waals surface area contributed by atoms with Crippen molar-refractivity contribution in [3.63, 3.8) is 0 Å². The first-order valence-electron chi connectivity index (χ1n) is 11.2. The number of amides is 1. The van der Waals surface area contributed by atoms with Crippen LogP contribution in [0.2, 0.25) is 0 Å². The average molecular weight is 455 g/mol. The number of nitrogens with one attached hydrogen (secondary N) is 3. The van der Waals surface area contributed by atoms with Gasteiger partial charge in [0.2, 0.25) is 0 Å². The summed E-state index contributed by atoms with van der Waals surface area (Å²) in [6, 6.07) is 6.23. The Morgan fingerprint density at radius 2 is 2.09 bits per heavy atom. The number of allylic oxidation sites excluding steroid dienone is 3. The van der Waals surface area contributed by atoms with Gasteiger partial charge in [-0.05, 0) is 37.5 Å². The fourth-order valence-electron chi connectivity index (χ4n) is 3.21. The number of benzene rings is 1. The molecule has 1 unspecified atom stereocenters. The van der Waals surface area contributed by atoms with Crippen LogP contribution in [0, 0.1) is 0 Å². The number of hydrogen-bond acceptors (Lipinski definition) is 6. The van der Waals surface area contributed by atoms with Gasteiger partial charge in [-0.1, -0.05) is 43.0 Å². The molecule has 8 heteroatoms. The molecule has 1 amide bonds. The van der Waals surface area contributed by atoms with E-state index < -0.39 is 17.9 Å². The molecule has 2 rings (SSSR count). The maximum absolute atomic E-state index is 12.4. The molecule has 0 aliphatic carbocycles. The van der Waals surface area contributed by atoms with Gasteiger partial charge in [-0.25, -0.2) is 4.79 Å². The number of carbonyl (C=O) groups excluding carboxylic acids is 1. The van der Waals surface area contributed by atoms with Crippen LogP contribution >= 0.6 is 0 Å². The lowest BCUT2D eigenvalue weighted by Crippen LogP contribution is -2.42. The van der Waals surface area contributed by atoms with Crippen LogP contribution in [0.4, 0.5) is 0 Å². The molecule has 4 N–H and O–H groups in total. The van der Waals surface area contributed by atoms with E-state index in [4.69, 9.17) is 4.74 Å². The van der Waals surface area contributed by atoms with Crippen molar-refractivity contribution in [3.05, 3.63) is 66.3 Å². The molecule has 1 aromatic carbocycles. The van der Waals surface area contributed by atoms with Crippen molar-refractivity contribution in [1.82, 2.24) is 16.0 Å². The van der Waals surface area contributed by atoms with Gasteiger partial charge in [0, 0.05) is 25.1 Å². The number of carboxylic acid groups (broad SMARTS) is 1. The number of unbranched alkanes of at least 4 members (excludes halogenated alkanes) is 1. The lowest BCUT2D eigenvalue weighted by molar-refractivity contribution is -0.141. The molecule has 0 fully saturated rings. The molecular formula is C25H34N4O4. The number of carboxylic acids is 1. The van der Waals surface area contributed by atoms with Crippen molar-refractivity contribution < 1.29 is 19.4 Å². The summed E-state index contributed by atoms with van der Waals surface area (Å²) < 4.78 is 5.77. The molecule has 1 atom stereocenters. The van der Waals surface area contributed by atoms with Crippen LogP contribution in [-0.4, -0.2) is 61.6 Å². The Morgan fingerprint density at radius 1 is 1.30 bits per heavy atom. The maximum atomic E-state index is 12.4. The zero-order valence-corrected chi connectivity index (χ0v) is 19.2. The summed E-state index contributed by atoms with van der Waals surface area (Å²) in [4.78, 5) is 28.5. The molecule has 1 heterocycles. The first kappa shape index (κ1) is 25.9. The van der Waals surface area contributed by atoms with Crippen LogP contribution in [0.1, 0.15) is 25.3 Å². The molecule has 1 aromatic rings. The van der Waals surface area contributed by atoms with Crippen LogP contribution in [0.3, 0.4) is 0 Å². The van der Waals surface area contributed by atoms with E-state index in [1.807, 2.05) is 24.3 Å². The normalized spacial score (nSPS) is 14.9. The second-order valence-electron chi connectivity index (χ2n) is 7.56. The second-order valence-corrected chi connectivity index (χ2v) is 7.56. The van der Waals surface area contributed by atoms with E-state index in [1.54, 1.807) is 19.1 Å². The molecule has 0 saturated heterocycles. The van der Waals surface area contributed by atoms with E-state index in [2.05, 4.69) is 27.5 Å². The number of carbonyl (C=O) groups is 2. The lowest BCUT2D eigenvalue weighted by atomic mass is 10.0. The number of ether oxygens (including phenoxy) is 1. The van der Waals surface area contributed by atoms with Gasteiger partial charge >= 0.3 is 5.97 Å². The zero-order chi connectivity index (χ0) is 23.9. The van der Waals surface area contributed by atoms with E-state index in [1.165, 1.54) is 12.2 Å². The average Bonchev–Trinajstić information content (AvgIpc) is 2.82. The third-order valence-corrected chi connectivity index (χ3v) is 4.93. The van der Waals surface area contributed by atoms with Crippen molar-refractivity contribution in [2.45, 2.75) is 32.2 Å². The van der Waals surface area contributed by atoms with Crippen molar-refractivity contribution in [1.29, 1.82) is 0 Å². The van der Waals surface area contributed by atoms with E-state index >= 15 is 0 Å². The first-order valence-corrected chi connectivity index (χ1v) is 11.2. The van der Waals surface area contributed by atoms with Crippen LogP contribution in [0.5, 0.6) is 5.75 Å². The Morgan fingerprint density at radius 3 is 2.73 bits per heavy atom. The summed E-state index contributed by atoms with van der Waals surface area (Å²) in [5, 5.41) is 18.7. The zero-order valence-electron chi connectivity index (χ0n) is 19.2. The molecule has 1 aliphatic heterocycles. The second kappa shape index (κ2) is 14.6. The topological polar surface area (TPSA) is 112 Å². The highest BCUT2D eigenvalue weighted by Crippen LogP contribution is 2.14. The van der Waals surface area contributed by atoms with Crippen molar-refractivity contribution in [3.8, 4) is 5.75 Å². The van der Waals surface area contributed by atoms with Gasteiger partial charge < -0.3 is 25.8 Å². The number of aliphatic imine (C=N–C) groups is 1. The molecule has 8 nitrogen and oxygen atoms in total. The van der Waals surface area contributed by atoms with Gasteiger partial charge in [0.25, 0.3) is 5.91 Å². The SMILES string of the molecule is C=C/C=C(\C=C/C)C(=O)NC(Cc1ccc(OCCCCNC2=NCCNC2)cc1)C(=O)O. The quantitative estimate of drug-likeness (QED) is 0.207. The lowest BCUT2D eigenvalue weighted by Gasteiger charge is -2.16. The van der Waals surface area contributed by atoms with Gasteiger partial charge in [-0.2, -0.15) is 0 Å². The van der Waals surface area contributed by atoms with Crippen molar-refractivity contribution in [2.75, 3.05) is 32.8 Å². The van der Waals surface area contributed by atoms with E-state index in [0.29, 0.717) is 12.2 Å². The Labute approximate surface area is 195 Å². The molecule has 0 aromatic heterocycles. The molecule has 0 bridgehead atoms. The molecule has 1 aliphatic rings. The van der Waals surface area contributed by atoms with Gasteiger partial charge in [0.1, 0.15) is 17.6 Å². The molecule has 178 valence electrons. The third-order valence-electron chi connectivity index (χ3n) is 4.93. The monoisotopic (exact) mass is 454 g/mol. The molecular weight excluding hydrogens is 420 g/mol. The highest BCUT2D eigenvalue weighted by Gasteiger charge is 2.21. The number of nitrogens with zero attached hydrogens (tertiary/aromatic N) is 1. The number of rotatable bonds is 13. The van der Waals surface area contributed by atoms with Gasteiger partial charge in [0.15, 0.2) is 0 Å². The van der Waals surface area contributed by atoms with Gasteiger partial charge in [0.05, 0.1) is 19.7 Å². The smallest absolute Gasteiger partial charge is 0.326 e.